The van der Waals surface area contributed by atoms with E-state index in [9.17, 15) is 13.2 Å². The van der Waals surface area contributed by atoms with E-state index in [4.69, 9.17) is 15.2 Å². The van der Waals surface area contributed by atoms with Crippen LogP contribution in [-0.2, 0) is 10.0 Å². The normalized spacial score (nSPS) is 17.9. The van der Waals surface area contributed by atoms with Crippen LogP contribution in [0.25, 0.3) is 0 Å². The smallest absolute Gasteiger partial charge is 0.314 e. The number of ether oxygens (including phenoxy) is 2. The molecule has 2 amide bonds. The van der Waals surface area contributed by atoms with Gasteiger partial charge in [-0.2, -0.15) is 0 Å². The highest BCUT2D eigenvalue weighted by molar-refractivity contribution is 7.89. The molecule has 2 aliphatic rings. The van der Waals surface area contributed by atoms with Gasteiger partial charge in [-0.05, 0) is 12.1 Å². The van der Waals surface area contributed by atoms with Gasteiger partial charge in [0.1, 0.15) is 0 Å². The molecule has 9 heteroatoms. The Balaban J connectivity index is 1.71. The minimum atomic E-state index is -3.66. The van der Waals surface area contributed by atoms with Crippen molar-refractivity contribution in [1.29, 1.82) is 0 Å². The zero-order chi connectivity index (χ0) is 14.3. The summed E-state index contributed by atoms with van der Waals surface area (Å²) in [5.74, 6) is 0.924. The van der Waals surface area contributed by atoms with Crippen molar-refractivity contribution in [3.63, 3.8) is 0 Å². The Bertz CT molecular complexity index is 654. The van der Waals surface area contributed by atoms with Crippen LogP contribution >= 0.6 is 0 Å². The number of fused-ring (bicyclic) bond motifs is 1. The summed E-state index contributed by atoms with van der Waals surface area (Å²) >= 11 is 0. The molecule has 20 heavy (non-hydrogen) atoms. The number of hydrogen-bond donors (Lipinski definition) is 2. The Morgan fingerprint density at radius 2 is 2.00 bits per heavy atom. The summed E-state index contributed by atoms with van der Waals surface area (Å²) in [6, 6.07) is 3.53. The summed E-state index contributed by atoms with van der Waals surface area (Å²) in [4.78, 5) is 12.3. The van der Waals surface area contributed by atoms with Gasteiger partial charge in [0.15, 0.2) is 11.5 Å². The summed E-state index contributed by atoms with van der Waals surface area (Å²) in [5, 5.41) is 0. The van der Waals surface area contributed by atoms with Crippen LogP contribution in [0.5, 0.6) is 11.5 Å². The highest BCUT2D eigenvalue weighted by Crippen LogP contribution is 2.33. The van der Waals surface area contributed by atoms with Crippen LogP contribution in [0, 0.1) is 0 Å². The Kier molecular flexibility index (Phi) is 2.94. The molecular weight excluding hydrogens is 286 g/mol. The molecule has 2 heterocycles. The fourth-order valence-corrected chi connectivity index (χ4v) is 3.30. The average molecular weight is 299 g/mol. The SMILES string of the molecule is NC(=O)N1CC(NS(=O)(=O)c2ccc3c(c2)OCO3)C1. The van der Waals surface area contributed by atoms with Crippen molar-refractivity contribution >= 4 is 16.1 Å². The fourth-order valence-electron chi connectivity index (χ4n) is 2.06. The van der Waals surface area contributed by atoms with Gasteiger partial charge in [-0.25, -0.2) is 17.9 Å². The molecule has 8 nitrogen and oxygen atoms in total. The van der Waals surface area contributed by atoms with Crippen molar-refractivity contribution in [2.75, 3.05) is 19.9 Å². The van der Waals surface area contributed by atoms with E-state index in [-0.39, 0.29) is 30.8 Å². The number of amides is 2. The lowest BCUT2D eigenvalue weighted by molar-refractivity contribution is 0.155. The predicted molar refractivity (Wildman–Crippen MR) is 67.8 cm³/mol. The van der Waals surface area contributed by atoms with Crippen LogP contribution in [0.2, 0.25) is 0 Å². The quantitative estimate of drug-likeness (QED) is 0.778. The third kappa shape index (κ3) is 2.25. The molecule has 1 saturated heterocycles. The zero-order valence-electron chi connectivity index (χ0n) is 10.4. The molecule has 0 aliphatic carbocycles. The van der Waals surface area contributed by atoms with E-state index in [1.165, 1.54) is 17.0 Å². The van der Waals surface area contributed by atoms with Gasteiger partial charge in [0.25, 0.3) is 0 Å². The highest BCUT2D eigenvalue weighted by atomic mass is 32.2. The first-order chi connectivity index (χ1) is 9.45. The van der Waals surface area contributed by atoms with Gasteiger partial charge >= 0.3 is 6.03 Å². The number of carbonyl (C=O) groups excluding carboxylic acids is 1. The minimum absolute atomic E-state index is 0.0858. The van der Waals surface area contributed by atoms with E-state index in [2.05, 4.69) is 4.72 Å². The van der Waals surface area contributed by atoms with E-state index >= 15 is 0 Å². The molecule has 3 rings (SSSR count). The second-order valence-electron chi connectivity index (χ2n) is 4.58. The molecule has 0 bridgehead atoms. The highest BCUT2D eigenvalue weighted by Gasteiger charge is 2.33. The van der Waals surface area contributed by atoms with Gasteiger partial charge in [-0.3, -0.25) is 0 Å². The number of sulfonamides is 1. The predicted octanol–water partition coefficient (Wildman–Crippen LogP) is -0.544. The second-order valence-corrected chi connectivity index (χ2v) is 6.29. The molecule has 1 fully saturated rings. The van der Waals surface area contributed by atoms with E-state index in [1.807, 2.05) is 0 Å². The molecule has 0 spiro atoms. The van der Waals surface area contributed by atoms with Crippen molar-refractivity contribution < 1.29 is 22.7 Å². The molecule has 1 aromatic rings. The van der Waals surface area contributed by atoms with E-state index in [1.54, 1.807) is 6.07 Å². The minimum Gasteiger partial charge on any atom is -0.454 e. The summed E-state index contributed by atoms with van der Waals surface area (Å²) in [6.07, 6.45) is 0. The maximum atomic E-state index is 12.2. The van der Waals surface area contributed by atoms with E-state index in [0.29, 0.717) is 11.5 Å². The third-order valence-electron chi connectivity index (χ3n) is 3.17. The summed E-state index contributed by atoms with van der Waals surface area (Å²) in [6.45, 7) is 0.640. The van der Waals surface area contributed by atoms with Crippen molar-refractivity contribution in [3.05, 3.63) is 18.2 Å². The maximum absolute atomic E-state index is 12.2. The number of carbonyl (C=O) groups is 1. The van der Waals surface area contributed by atoms with Gasteiger partial charge in [-0.1, -0.05) is 0 Å². The Morgan fingerprint density at radius 3 is 2.70 bits per heavy atom. The Labute approximate surface area is 115 Å². The van der Waals surface area contributed by atoms with Crippen LogP contribution < -0.4 is 19.9 Å². The molecule has 0 saturated carbocycles. The number of nitrogens with zero attached hydrogens (tertiary/aromatic N) is 1. The Morgan fingerprint density at radius 1 is 1.30 bits per heavy atom. The lowest BCUT2D eigenvalue weighted by Gasteiger charge is -2.37. The van der Waals surface area contributed by atoms with Crippen molar-refractivity contribution in [2.24, 2.45) is 5.73 Å². The van der Waals surface area contributed by atoms with Gasteiger partial charge in [-0.15, -0.1) is 0 Å². The number of hydrogen-bond acceptors (Lipinski definition) is 5. The van der Waals surface area contributed by atoms with Gasteiger partial charge in [0.2, 0.25) is 16.8 Å². The summed E-state index contributed by atoms with van der Waals surface area (Å²) in [7, 11) is -3.66. The molecule has 0 aromatic heterocycles. The summed E-state index contributed by atoms with van der Waals surface area (Å²) < 4.78 is 37.1. The molecule has 1 aromatic carbocycles. The number of likely N-dealkylation sites (tertiary alicyclic amines) is 1. The number of benzene rings is 1. The first kappa shape index (κ1) is 13.0. The first-order valence-electron chi connectivity index (χ1n) is 5.92. The average Bonchev–Trinajstić information content (AvgIpc) is 2.79. The second kappa shape index (κ2) is 4.53. The van der Waals surface area contributed by atoms with Crippen LogP contribution in [-0.4, -0.2) is 45.3 Å². The van der Waals surface area contributed by atoms with Crippen LogP contribution in [0.15, 0.2) is 23.1 Å². The van der Waals surface area contributed by atoms with Crippen molar-refractivity contribution in [3.8, 4) is 11.5 Å². The lowest BCUT2D eigenvalue weighted by Crippen LogP contribution is -2.62. The van der Waals surface area contributed by atoms with Crippen LogP contribution in [0.1, 0.15) is 0 Å². The molecule has 108 valence electrons. The van der Waals surface area contributed by atoms with E-state index in [0.717, 1.165) is 0 Å². The monoisotopic (exact) mass is 299 g/mol. The number of urea groups is 1. The zero-order valence-corrected chi connectivity index (χ0v) is 11.2. The molecule has 2 aliphatic heterocycles. The summed E-state index contributed by atoms with van der Waals surface area (Å²) in [5.41, 5.74) is 5.08. The fraction of sp³-hybridized carbons (Fsp3) is 0.364. The molecule has 0 unspecified atom stereocenters. The first-order valence-corrected chi connectivity index (χ1v) is 7.40. The largest absolute Gasteiger partial charge is 0.454 e. The number of nitrogens with two attached hydrogens (primary N) is 1. The van der Waals surface area contributed by atoms with Crippen molar-refractivity contribution in [2.45, 2.75) is 10.9 Å². The maximum Gasteiger partial charge on any atom is 0.314 e. The lowest BCUT2D eigenvalue weighted by atomic mass is 10.1. The van der Waals surface area contributed by atoms with Crippen LogP contribution in [0.4, 0.5) is 4.79 Å². The van der Waals surface area contributed by atoms with Gasteiger partial charge in [0, 0.05) is 19.2 Å². The van der Waals surface area contributed by atoms with E-state index < -0.39 is 16.1 Å². The number of nitrogens with one attached hydrogen (secondary N) is 1. The number of rotatable bonds is 3. The van der Waals surface area contributed by atoms with Crippen molar-refractivity contribution in [1.82, 2.24) is 9.62 Å². The van der Waals surface area contributed by atoms with Gasteiger partial charge in [0.05, 0.1) is 10.9 Å². The molecule has 0 radical (unpaired) electrons. The molecule has 0 atom stereocenters. The topological polar surface area (TPSA) is 111 Å². The Hall–Kier alpha value is -2.00. The standard InChI is InChI=1S/C11H13N3O5S/c12-11(15)14-4-7(5-14)13-20(16,17)8-1-2-9-10(3-8)19-6-18-9/h1-3,7,13H,4-6H2,(H2,12,15). The third-order valence-corrected chi connectivity index (χ3v) is 4.69. The molecule has 3 N–H and O–H groups in total. The van der Waals surface area contributed by atoms with Gasteiger partial charge < -0.3 is 20.1 Å². The molecular formula is C11H13N3O5S. The number of primary amides is 1. The van der Waals surface area contributed by atoms with Crippen LogP contribution in [0.3, 0.4) is 0 Å².